The summed E-state index contributed by atoms with van der Waals surface area (Å²) >= 11 is 6.16. The average molecular weight is 302 g/mol. The van der Waals surface area contributed by atoms with Gasteiger partial charge in [0.05, 0.1) is 0 Å². The van der Waals surface area contributed by atoms with Gasteiger partial charge in [0.1, 0.15) is 0 Å². The van der Waals surface area contributed by atoms with E-state index in [1.54, 1.807) is 0 Å². The third kappa shape index (κ3) is 4.33. The molecule has 2 heteroatoms. The highest BCUT2D eigenvalue weighted by Crippen LogP contribution is 2.28. The summed E-state index contributed by atoms with van der Waals surface area (Å²) in [6, 6.07) is 15.4. The molecule has 2 aromatic rings. The lowest BCUT2D eigenvalue weighted by Crippen LogP contribution is -2.22. The molecule has 1 nitrogen and oxygen atoms in total. The fraction of sp³-hybridized carbons (Fsp3) is 0.368. The minimum absolute atomic E-state index is 0.458. The maximum absolute atomic E-state index is 6.16. The first kappa shape index (κ1) is 16.1. The van der Waals surface area contributed by atoms with Gasteiger partial charge in [0.25, 0.3) is 0 Å². The molecule has 1 N–H and O–H groups in total. The second kappa shape index (κ2) is 7.11. The Balaban J connectivity index is 2.33. The molecule has 0 unspecified atom stereocenters. The van der Waals surface area contributed by atoms with Gasteiger partial charge >= 0.3 is 0 Å². The Bertz CT molecular complexity index is 585. The first-order valence-corrected chi connectivity index (χ1v) is 7.97. The highest BCUT2D eigenvalue weighted by Gasteiger charge is 2.07. The van der Waals surface area contributed by atoms with E-state index in [0.717, 1.165) is 11.6 Å². The minimum Gasteiger partial charge on any atom is -0.310 e. The molecule has 0 fully saturated rings. The Morgan fingerprint density at radius 3 is 2.19 bits per heavy atom. The van der Waals surface area contributed by atoms with Crippen LogP contribution in [0.4, 0.5) is 0 Å². The number of hydrogen-bond acceptors (Lipinski definition) is 1. The Labute approximate surface area is 133 Å². The third-order valence-corrected chi connectivity index (χ3v) is 3.89. The van der Waals surface area contributed by atoms with Crippen LogP contribution in [0.2, 0.25) is 5.02 Å². The number of rotatable bonds is 5. The van der Waals surface area contributed by atoms with Gasteiger partial charge < -0.3 is 5.32 Å². The largest absolute Gasteiger partial charge is 0.310 e. The molecule has 0 saturated heterocycles. The van der Waals surface area contributed by atoms with Gasteiger partial charge in [0.15, 0.2) is 0 Å². The predicted molar refractivity (Wildman–Crippen MR) is 93.0 cm³/mol. The average Bonchev–Trinajstić information content (AvgIpc) is 2.45. The van der Waals surface area contributed by atoms with Crippen LogP contribution in [0.1, 0.15) is 44.7 Å². The quantitative estimate of drug-likeness (QED) is 0.755. The maximum Gasteiger partial charge on any atom is 0.0409 e. The highest BCUT2D eigenvalue weighted by atomic mass is 35.5. The summed E-state index contributed by atoms with van der Waals surface area (Å²) in [7, 11) is 0. The summed E-state index contributed by atoms with van der Waals surface area (Å²) in [5, 5.41) is 4.26. The van der Waals surface area contributed by atoms with Gasteiger partial charge in [-0.2, -0.15) is 0 Å². The molecule has 0 atom stereocenters. The summed E-state index contributed by atoms with van der Waals surface area (Å²) in [6.07, 6.45) is 0. The van der Waals surface area contributed by atoms with E-state index >= 15 is 0 Å². The Hall–Kier alpha value is -1.31. The zero-order valence-corrected chi connectivity index (χ0v) is 14.0. The minimum atomic E-state index is 0.458. The van der Waals surface area contributed by atoms with Gasteiger partial charge in [0.2, 0.25) is 0 Å². The van der Waals surface area contributed by atoms with Crippen LogP contribution in [0.3, 0.4) is 0 Å². The molecule has 0 heterocycles. The standard InChI is InChI=1S/C19H24ClN/c1-13(2)15-5-7-16(8-6-15)19-10-9-18(20)11-17(19)12-21-14(3)4/h5-11,13-14,21H,12H2,1-4H3. The molecule has 0 spiro atoms. The molecule has 0 amide bonds. The van der Waals surface area contributed by atoms with E-state index in [1.165, 1.54) is 22.3 Å². The van der Waals surface area contributed by atoms with Gasteiger partial charge in [-0.3, -0.25) is 0 Å². The monoisotopic (exact) mass is 301 g/mol. The smallest absolute Gasteiger partial charge is 0.0409 e. The fourth-order valence-electron chi connectivity index (χ4n) is 2.35. The summed E-state index contributed by atoms with van der Waals surface area (Å²) in [5.74, 6) is 0.561. The van der Waals surface area contributed by atoms with E-state index in [2.05, 4.69) is 69.4 Å². The molecule has 0 saturated carbocycles. The fourth-order valence-corrected chi connectivity index (χ4v) is 2.55. The van der Waals surface area contributed by atoms with Crippen molar-refractivity contribution in [1.29, 1.82) is 0 Å². The van der Waals surface area contributed by atoms with Crippen LogP contribution in [0, 0.1) is 0 Å². The van der Waals surface area contributed by atoms with Crippen molar-refractivity contribution in [2.45, 2.75) is 46.2 Å². The normalized spacial score (nSPS) is 11.4. The lowest BCUT2D eigenvalue weighted by Gasteiger charge is -2.14. The molecule has 0 bridgehead atoms. The maximum atomic E-state index is 6.16. The summed E-state index contributed by atoms with van der Waals surface area (Å²) in [6.45, 7) is 9.58. The van der Waals surface area contributed by atoms with Gasteiger partial charge in [-0.1, -0.05) is 69.6 Å². The van der Waals surface area contributed by atoms with E-state index in [9.17, 15) is 0 Å². The van der Waals surface area contributed by atoms with Crippen LogP contribution in [0.5, 0.6) is 0 Å². The van der Waals surface area contributed by atoms with E-state index in [1.807, 2.05) is 6.07 Å². The second-order valence-corrected chi connectivity index (χ2v) is 6.55. The first-order valence-electron chi connectivity index (χ1n) is 7.59. The lowest BCUT2D eigenvalue weighted by molar-refractivity contribution is 0.589. The second-order valence-electron chi connectivity index (χ2n) is 6.11. The van der Waals surface area contributed by atoms with Crippen molar-refractivity contribution >= 4 is 11.6 Å². The number of nitrogens with one attached hydrogen (secondary N) is 1. The topological polar surface area (TPSA) is 12.0 Å². The SMILES string of the molecule is CC(C)NCc1cc(Cl)ccc1-c1ccc(C(C)C)cc1. The Morgan fingerprint density at radius 1 is 0.952 bits per heavy atom. The summed E-state index contributed by atoms with van der Waals surface area (Å²) < 4.78 is 0. The molecule has 2 rings (SSSR count). The lowest BCUT2D eigenvalue weighted by atomic mass is 9.96. The molecular weight excluding hydrogens is 278 g/mol. The number of benzene rings is 2. The van der Waals surface area contributed by atoms with Crippen LogP contribution in [-0.2, 0) is 6.54 Å². The van der Waals surface area contributed by atoms with E-state index in [4.69, 9.17) is 11.6 Å². The van der Waals surface area contributed by atoms with Crippen LogP contribution in [0.15, 0.2) is 42.5 Å². The van der Waals surface area contributed by atoms with Crippen LogP contribution < -0.4 is 5.32 Å². The van der Waals surface area contributed by atoms with Crippen LogP contribution >= 0.6 is 11.6 Å². The van der Waals surface area contributed by atoms with Crippen molar-refractivity contribution in [3.05, 3.63) is 58.6 Å². The third-order valence-electron chi connectivity index (χ3n) is 3.66. The van der Waals surface area contributed by atoms with E-state index in [-0.39, 0.29) is 0 Å². The highest BCUT2D eigenvalue weighted by molar-refractivity contribution is 6.30. The summed E-state index contributed by atoms with van der Waals surface area (Å²) in [4.78, 5) is 0. The molecule has 0 aliphatic carbocycles. The van der Waals surface area contributed by atoms with Crippen LogP contribution in [0.25, 0.3) is 11.1 Å². The summed E-state index contributed by atoms with van der Waals surface area (Å²) in [5.41, 5.74) is 5.11. The van der Waals surface area contributed by atoms with E-state index < -0.39 is 0 Å². The molecule has 21 heavy (non-hydrogen) atoms. The van der Waals surface area contributed by atoms with Crippen molar-refractivity contribution in [1.82, 2.24) is 5.32 Å². The van der Waals surface area contributed by atoms with Crippen molar-refractivity contribution < 1.29 is 0 Å². The van der Waals surface area contributed by atoms with E-state index in [0.29, 0.717) is 12.0 Å². The van der Waals surface area contributed by atoms with Gasteiger partial charge in [0, 0.05) is 17.6 Å². The molecule has 2 aromatic carbocycles. The van der Waals surface area contributed by atoms with Crippen LogP contribution in [-0.4, -0.2) is 6.04 Å². The van der Waals surface area contributed by atoms with Gasteiger partial charge in [-0.25, -0.2) is 0 Å². The predicted octanol–water partition coefficient (Wildman–Crippen LogP) is 5.63. The molecule has 0 radical (unpaired) electrons. The number of hydrogen-bond donors (Lipinski definition) is 1. The van der Waals surface area contributed by atoms with Crippen molar-refractivity contribution in [3.63, 3.8) is 0 Å². The molecule has 0 aliphatic rings. The number of halogens is 1. The van der Waals surface area contributed by atoms with Crippen molar-refractivity contribution in [2.24, 2.45) is 0 Å². The van der Waals surface area contributed by atoms with Crippen molar-refractivity contribution in [3.8, 4) is 11.1 Å². The zero-order chi connectivity index (χ0) is 15.4. The van der Waals surface area contributed by atoms with Gasteiger partial charge in [-0.05, 0) is 40.3 Å². The molecule has 112 valence electrons. The zero-order valence-electron chi connectivity index (χ0n) is 13.3. The van der Waals surface area contributed by atoms with Crippen molar-refractivity contribution in [2.75, 3.05) is 0 Å². The Kier molecular flexibility index (Phi) is 5.44. The Morgan fingerprint density at radius 2 is 1.62 bits per heavy atom. The molecule has 0 aliphatic heterocycles. The molecule has 0 aromatic heterocycles. The molecular formula is C19H24ClN. The van der Waals surface area contributed by atoms with Gasteiger partial charge in [-0.15, -0.1) is 0 Å². The first-order chi connectivity index (χ1) is 9.97.